The predicted molar refractivity (Wildman–Crippen MR) is 71.4 cm³/mol. The van der Waals surface area contributed by atoms with Gasteiger partial charge in [0.2, 0.25) is 0 Å². The Morgan fingerprint density at radius 2 is 2.05 bits per heavy atom. The molecule has 0 radical (unpaired) electrons. The molecule has 5 nitrogen and oxygen atoms in total. The van der Waals surface area contributed by atoms with Gasteiger partial charge in [-0.25, -0.2) is 13.9 Å². The van der Waals surface area contributed by atoms with Crippen LogP contribution in [0.1, 0.15) is 21.6 Å². The second kappa shape index (κ2) is 4.63. The highest BCUT2D eigenvalue weighted by Crippen LogP contribution is 2.29. The number of halogens is 1. The SMILES string of the molecule is Cc1nn2c(c1C(=O)O)N(Cc1ccc(F)cc1)CC2. The van der Waals surface area contributed by atoms with Gasteiger partial charge in [-0.1, -0.05) is 12.1 Å². The summed E-state index contributed by atoms with van der Waals surface area (Å²) in [4.78, 5) is 13.3. The first-order chi connectivity index (χ1) is 9.56. The van der Waals surface area contributed by atoms with Crippen molar-refractivity contribution in [3.8, 4) is 0 Å². The molecule has 1 aliphatic rings. The number of hydrogen-bond donors (Lipinski definition) is 1. The van der Waals surface area contributed by atoms with Crippen molar-refractivity contribution < 1.29 is 14.3 Å². The molecule has 6 heteroatoms. The number of aryl methyl sites for hydroxylation is 1. The van der Waals surface area contributed by atoms with E-state index >= 15 is 0 Å². The van der Waals surface area contributed by atoms with Crippen LogP contribution in [0.4, 0.5) is 10.2 Å². The Morgan fingerprint density at radius 1 is 1.35 bits per heavy atom. The Bertz CT molecular complexity index is 664. The third kappa shape index (κ3) is 2.03. The van der Waals surface area contributed by atoms with Gasteiger partial charge in [-0.3, -0.25) is 0 Å². The zero-order valence-electron chi connectivity index (χ0n) is 11.0. The van der Waals surface area contributed by atoms with E-state index in [0.29, 0.717) is 31.1 Å². The van der Waals surface area contributed by atoms with Gasteiger partial charge in [0.25, 0.3) is 0 Å². The Morgan fingerprint density at radius 3 is 2.70 bits per heavy atom. The molecule has 0 spiro atoms. The number of carboxylic acid groups (broad SMARTS) is 1. The quantitative estimate of drug-likeness (QED) is 0.931. The van der Waals surface area contributed by atoms with Crippen molar-refractivity contribution >= 4 is 11.8 Å². The summed E-state index contributed by atoms with van der Waals surface area (Å²) >= 11 is 0. The third-order valence-corrected chi connectivity index (χ3v) is 3.48. The molecular formula is C14H14FN3O2. The maximum Gasteiger partial charge on any atom is 0.341 e. The number of aromatic carboxylic acids is 1. The van der Waals surface area contributed by atoms with Crippen LogP contribution in [0.2, 0.25) is 0 Å². The first-order valence-corrected chi connectivity index (χ1v) is 6.36. The van der Waals surface area contributed by atoms with Crippen molar-refractivity contribution in [1.82, 2.24) is 9.78 Å². The molecule has 0 fully saturated rings. The van der Waals surface area contributed by atoms with Crippen molar-refractivity contribution in [3.63, 3.8) is 0 Å². The van der Waals surface area contributed by atoms with Crippen molar-refractivity contribution in [3.05, 3.63) is 46.9 Å². The van der Waals surface area contributed by atoms with Gasteiger partial charge < -0.3 is 10.0 Å². The van der Waals surface area contributed by atoms with Crippen LogP contribution in [0.25, 0.3) is 0 Å². The molecule has 0 unspecified atom stereocenters. The molecule has 1 aromatic heterocycles. The first kappa shape index (κ1) is 12.7. The van der Waals surface area contributed by atoms with Crippen LogP contribution >= 0.6 is 0 Å². The molecule has 1 aliphatic heterocycles. The topological polar surface area (TPSA) is 58.4 Å². The lowest BCUT2D eigenvalue weighted by molar-refractivity contribution is 0.0697. The zero-order valence-corrected chi connectivity index (χ0v) is 11.0. The third-order valence-electron chi connectivity index (χ3n) is 3.48. The summed E-state index contributed by atoms with van der Waals surface area (Å²) in [5.74, 6) is -0.601. The van der Waals surface area contributed by atoms with Gasteiger partial charge in [-0.05, 0) is 24.6 Å². The largest absolute Gasteiger partial charge is 0.477 e. The summed E-state index contributed by atoms with van der Waals surface area (Å²) < 4.78 is 14.6. The van der Waals surface area contributed by atoms with Gasteiger partial charge in [0, 0.05) is 13.1 Å². The Kier molecular flexibility index (Phi) is 2.93. The van der Waals surface area contributed by atoms with E-state index in [9.17, 15) is 14.3 Å². The summed E-state index contributed by atoms with van der Waals surface area (Å²) in [6.07, 6.45) is 0. The van der Waals surface area contributed by atoms with E-state index in [2.05, 4.69) is 5.10 Å². The molecule has 1 aromatic carbocycles. The van der Waals surface area contributed by atoms with Crippen molar-refractivity contribution in [1.29, 1.82) is 0 Å². The fourth-order valence-corrected chi connectivity index (χ4v) is 2.58. The lowest BCUT2D eigenvalue weighted by atomic mass is 10.2. The standard InChI is InChI=1S/C14H14FN3O2/c1-9-12(14(19)20)13-17(6-7-18(13)16-9)8-10-2-4-11(15)5-3-10/h2-5H,6-8H2,1H3,(H,19,20). The number of benzene rings is 1. The van der Waals surface area contributed by atoms with Crippen LogP contribution in [-0.4, -0.2) is 27.4 Å². The molecular weight excluding hydrogens is 261 g/mol. The van der Waals surface area contributed by atoms with Gasteiger partial charge in [0.1, 0.15) is 17.2 Å². The first-order valence-electron chi connectivity index (χ1n) is 6.36. The smallest absolute Gasteiger partial charge is 0.341 e. The average Bonchev–Trinajstić information content (AvgIpc) is 2.91. The van der Waals surface area contributed by atoms with E-state index < -0.39 is 5.97 Å². The van der Waals surface area contributed by atoms with Gasteiger partial charge in [0.15, 0.2) is 0 Å². The molecule has 0 saturated heterocycles. The Balaban J connectivity index is 1.92. The maximum atomic E-state index is 12.9. The molecule has 1 N–H and O–H groups in total. The summed E-state index contributed by atoms with van der Waals surface area (Å²) in [5, 5.41) is 13.6. The molecule has 104 valence electrons. The number of nitrogens with zero attached hydrogens (tertiary/aromatic N) is 3. The number of rotatable bonds is 3. The Labute approximate surface area is 115 Å². The second-order valence-corrected chi connectivity index (χ2v) is 4.86. The fraction of sp³-hybridized carbons (Fsp3) is 0.286. The lowest BCUT2D eigenvalue weighted by Crippen LogP contribution is -2.21. The molecule has 2 heterocycles. The van der Waals surface area contributed by atoms with E-state index in [-0.39, 0.29) is 11.4 Å². The average molecular weight is 275 g/mol. The second-order valence-electron chi connectivity index (χ2n) is 4.86. The van der Waals surface area contributed by atoms with E-state index in [1.54, 1.807) is 23.7 Å². The minimum absolute atomic E-state index is 0.254. The van der Waals surface area contributed by atoms with E-state index in [1.165, 1.54) is 12.1 Å². The highest BCUT2D eigenvalue weighted by molar-refractivity contribution is 5.95. The number of anilines is 1. The number of carbonyl (C=O) groups is 1. The summed E-state index contributed by atoms with van der Waals surface area (Å²) in [5.41, 5.74) is 1.72. The predicted octanol–water partition coefficient (Wildman–Crippen LogP) is 2.05. The van der Waals surface area contributed by atoms with Crippen LogP contribution in [0.5, 0.6) is 0 Å². The molecule has 0 aliphatic carbocycles. The summed E-state index contributed by atoms with van der Waals surface area (Å²) in [6, 6.07) is 6.24. The van der Waals surface area contributed by atoms with E-state index in [0.717, 1.165) is 5.56 Å². The van der Waals surface area contributed by atoms with Crippen molar-refractivity contribution in [2.45, 2.75) is 20.0 Å². The van der Waals surface area contributed by atoms with Crippen molar-refractivity contribution in [2.24, 2.45) is 0 Å². The summed E-state index contributed by atoms with van der Waals surface area (Å²) in [7, 11) is 0. The zero-order chi connectivity index (χ0) is 14.3. The molecule has 0 amide bonds. The van der Waals surface area contributed by atoms with Crippen LogP contribution < -0.4 is 4.90 Å². The molecule has 3 rings (SSSR count). The number of aromatic nitrogens is 2. The summed E-state index contributed by atoms with van der Waals surface area (Å²) in [6.45, 7) is 3.63. The number of fused-ring (bicyclic) bond motifs is 1. The molecule has 2 aromatic rings. The van der Waals surface area contributed by atoms with Gasteiger partial charge in [-0.2, -0.15) is 5.10 Å². The highest BCUT2D eigenvalue weighted by atomic mass is 19.1. The fourth-order valence-electron chi connectivity index (χ4n) is 2.58. The van der Waals surface area contributed by atoms with Crippen LogP contribution in [0, 0.1) is 12.7 Å². The van der Waals surface area contributed by atoms with E-state index in [4.69, 9.17) is 0 Å². The molecule has 0 bridgehead atoms. The minimum atomic E-state index is -0.963. The molecule has 0 saturated carbocycles. The van der Waals surface area contributed by atoms with Gasteiger partial charge >= 0.3 is 5.97 Å². The number of hydrogen-bond acceptors (Lipinski definition) is 3. The van der Waals surface area contributed by atoms with Crippen LogP contribution in [0.15, 0.2) is 24.3 Å². The van der Waals surface area contributed by atoms with Gasteiger partial charge in [-0.15, -0.1) is 0 Å². The minimum Gasteiger partial charge on any atom is -0.477 e. The normalized spacial score (nSPS) is 13.6. The highest BCUT2D eigenvalue weighted by Gasteiger charge is 2.29. The van der Waals surface area contributed by atoms with Crippen LogP contribution in [0.3, 0.4) is 0 Å². The Hall–Kier alpha value is -2.37. The monoisotopic (exact) mass is 275 g/mol. The van der Waals surface area contributed by atoms with Crippen molar-refractivity contribution in [2.75, 3.05) is 11.4 Å². The van der Waals surface area contributed by atoms with E-state index in [1.807, 2.05) is 4.90 Å². The van der Waals surface area contributed by atoms with Crippen LogP contribution in [-0.2, 0) is 13.1 Å². The molecule has 0 atom stereocenters. The van der Waals surface area contributed by atoms with Gasteiger partial charge in [0.05, 0.1) is 12.2 Å². The maximum absolute atomic E-state index is 12.9. The molecule has 20 heavy (non-hydrogen) atoms. The lowest BCUT2D eigenvalue weighted by Gasteiger charge is -2.18. The number of carboxylic acids is 1.